The molecule has 0 saturated heterocycles. The molecule has 1 atom stereocenters. The lowest BCUT2D eigenvalue weighted by molar-refractivity contribution is 0.117. The van der Waals surface area contributed by atoms with Crippen LogP contribution in [0.5, 0.6) is 0 Å². The van der Waals surface area contributed by atoms with Crippen molar-refractivity contribution in [1.29, 1.82) is 10.5 Å². The van der Waals surface area contributed by atoms with E-state index in [-0.39, 0.29) is 16.8 Å². The average Bonchev–Trinajstić information content (AvgIpc) is 3.33. The van der Waals surface area contributed by atoms with Crippen molar-refractivity contribution in [3.8, 4) is 23.3 Å². The zero-order chi connectivity index (χ0) is 26.3. The van der Waals surface area contributed by atoms with Crippen molar-refractivity contribution in [1.82, 2.24) is 19.5 Å². The van der Waals surface area contributed by atoms with E-state index in [0.717, 1.165) is 5.69 Å². The summed E-state index contributed by atoms with van der Waals surface area (Å²) < 4.78 is 15.8. The molecular weight excluding hydrogens is 467 g/mol. The second-order valence-corrected chi connectivity index (χ2v) is 8.92. The van der Waals surface area contributed by atoms with Crippen LogP contribution in [0.25, 0.3) is 22.0 Å². The number of nitrogens with zero attached hydrogens (tertiary/aromatic N) is 6. The van der Waals surface area contributed by atoms with Crippen molar-refractivity contribution in [3.63, 3.8) is 0 Å². The maximum atomic E-state index is 14.1. The zero-order valence-corrected chi connectivity index (χ0v) is 20.4. The van der Waals surface area contributed by atoms with Crippen molar-refractivity contribution in [2.24, 2.45) is 7.05 Å². The van der Waals surface area contributed by atoms with Crippen LogP contribution in [0, 0.1) is 42.3 Å². The van der Waals surface area contributed by atoms with Gasteiger partial charge >= 0.3 is 0 Å². The summed E-state index contributed by atoms with van der Waals surface area (Å²) in [6, 6.07) is 17.1. The minimum absolute atomic E-state index is 0.0233. The monoisotopic (exact) mass is 488 g/mol. The van der Waals surface area contributed by atoms with Crippen LogP contribution in [0.4, 0.5) is 4.39 Å². The Balaban J connectivity index is 1.88. The Labute approximate surface area is 212 Å². The molecule has 7 nitrogen and oxygen atoms in total. The van der Waals surface area contributed by atoms with Crippen LogP contribution in [0.1, 0.15) is 39.3 Å². The first-order valence-corrected chi connectivity index (χ1v) is 11.4. The second-order valence-electron chi connectivity index (χ2n) is 8.92. The Bertz CT molecular complexity index is 1760. The van der Waals surface area contributed by atoms with Crippen molar-refractivity contribution >= 4 is 10.9 Å². The Morgan fingerprint density at radius 3 is 2.43 bits per heavy atom. The molecule has 0 amide bonds. The molecule has 0 aliphatic heterocycles. The fourth-order valence-electron chi connectivity index (χ4n) is 4.72. The highest BCUT2D eigenvalue weighted by Crippen LogP contribution is 2.40. The first-order chi connectivity index (χ1) is 17.8. The summed E-state index contributed by atoms with van der Waals surface area (Å²) >= 11 is 0. The van der Waals surface area contributed by atoms with Gasteiger partial charge < -0.3 is 9.67 Å². The minimum Gasteiger partial charge on any atom is -0.374 e. The number of hydrogen-bond acceptors (Lipinski definition) is 6. The summed E-state index contributed by atoms with van der Waals surface area (Å²) in [6.07, 6.45) is 4.79. The van der Waals surface area contributed by atoms with Gasteiger partial charge in [0.1, 0.15) is 23.6 Å². The van der Waals surface area contributed by atoms with Crippen LogP contribution in [-0.2, 0) is 12.6 Å². The highest BCUT2D eigenvalue weighted by Gasteiger charge is 2.38. The molecule has 5 rings (SSSR count). The predicted molar refractivity (Wildman–Crippen MR) is 136 cm³/mol. The van der Waals surface area contributed by atoms with Gasteiger partial charge in [-0.1, -0.05) is 24.3 Å². The third-order valence-corrected chi connectivity index (χ3v) is 6.55. The van der Waals surface area contributed by atoms with Crippen LogP contribution >= 0.6 is 0 Å². The summed E-state index contributed by atoms with van der Waals surface area (Å²) in [5, 5.41) is 32.9. The van der Waals surface area contributed by atoms with Crippen molar-refractivity contribution in [2.75, 3.05) is 0 Å². The van der Waals surface area contributed by atoms with Crippen molar-refractivity contribution < 1.29 is 9.50 Å². The molecule has 1 unspecified atom stereocenters. The van der Waals surface area contributed by atoms with E-state index in [1.807, 2.05) is 13.0 Å². The van der Waals surface area contributed by atoms with Gasteiger partial charge in [0, 0.05) is 35.5 Å². The van der Waals surface area contributed by atoms with Gasteiger partial charge in [-0.2, -0.15) is 10.5 Å². The topological polar surface area (TPSA) is 111 Å². The van der Waals surface area contributed by atoms with Gasteiger partial charge in [-0.25, -0.2) is 14.4 Å². The smallest absolute Gasteiger partial charge is 0.158 e. The van der Waals surface area contributed by atoms with Crippen LogP contribution in [0.2, 0.25) is 0 Å². The fraction of sp³-hybridized carbons (Fsp3) is 0.138. The number of aliphatic hydroxyl groups is 1. The number of halogens is 1. The summed E-state index contributed by atoms with van der Waals surface area (Å²) in [4.78, 5) is 13.1. The quantitative estimate of drug-likeness (QED) is 0.388. The Morgan fingerprint density at radius 1 is 1.00 bits per heavy atom. The average molecular weight is 489 g/mol. The SMILES string of the molecule is Cc1ccc(C(O)(c2cc(C)c3nc(C#N)c(-c4cccc(F)c4)c(C#N)c3c2)c2cncn2C)cn1. The molecule has 37 heavy (non-hydrogen) atoms. The molecule has 0 aliphatic carbocycles. The predicted octanol–water partition coefficient (Wildman–Crippen LogP) is 4.81. The number of fused-ring (bicyclic) bond motifs is 1. The number of hydrogen-bond donors (Lipinski definition) is 1. The zero-order valence-electron chi connectivity index (χ0n) is 20.4. The second kappa shape index (κ2) is 8.94. The number of pyridine rings is 2. The molecule has 0 fully saturated rings. The molecule has 8 heteroatoms. The van der Waals surface area contributed by atoms with Gasteiger partial charge in [-0.15, -0.1) is 0 Å². The normalized spacial score (nSPS) is 12.6. The summed E-state index contributed by atoms with van der Waals surface area (Å²) in [5.41, 5.74) is 2.55. The molecule has 180 valence electrons. The van der Waals surface area contributed by atoms with Crippen LogP contribution in [0.15, 0.2) is 67.3 Å². The van der Waals surface area contributed by atoms with E-state index in [1.165, 1.54) is 18.2 Å². The number of nitriles is 2. The maximum absolute atomic E-state index is 14.1. The van der Waals surface area contributed by atoms with Crippen LogP contribution in [0.3, 0.4) is 0 Å². The van der Waals surface area contributed by atoms with E-state index in [4.69, 9.17) is 0 Å². The number of benzene rings is 2. The number of rotatable bonds is 4. The fourth-order valence-corrected chi connectivity index (χ4v) is 4.72. The largest absolute Gasteiger partial charge is 0.374 e. The van der Waals surface area contributed by atoms with Crippen LogP contribution < -0.4 is 0 Å². The van der Waals surface area contributed by atoms with E-state index >= 15 is 0 Å². The van der Waals surface area contributed by atoms with E-state index in [9.17, 15) is 20.0 Å². The van der Waals surface area contributed by atoms with Gasteiger partial charge in [0.05, 0.1) is 29.3 Å². The first-order valence-electron chi connectivity index (χ1n) is 11.4. The summed E-state index contributed by atoms with van der Waals surface area (Å²) in [5.74, 6) is -0.493. The molecule has 0 aliphatic rings. The van der Waals surface area contributed by atoms with E-state index in [2.05, 4.69) is 27.1 Å². The highest BCUT2D eigenvalue weighted by atomic mass is 19.1. The number of aryl methyl sites for hydroxylation is 3. The standard InChI is InChI=1S/C29H21FN6O/c1-17-9-21(29(37,26-15-33-16-36(26)3)20-8-7-18(2)34-14-20)11-23-24(12-31)27(25(13-32)35-28(17)23)19-5-4-6-22(30)10-19/h4-11,14-16,37H,1-3H3. The maximum Gasteiger partial charge on any atom is 0.158 e. The van der Waals surface area contributed by atoms with Crippen molar-refractivity contribution in [3.05, 3.63) is 112 Å². The lowest BCUT2D eigenvalue weighted by atomic mass is 9.82. The molecule has 3 heterocycles. The van der Waals surface area contributed by atoms with Crippen molar-refractivity contribution in [2.45, 2.75) is 19.4 Å². The third kappa shape index (κ3) is 3.81. The highest BCUT2D eigenvalue weighted by molar-refractivity contribution is 5.95. The van der Waals surface area contributed by atoms with Gasteiger partial charge in [0.2, 0.25) is 0 Å². The number of imidazole rings is 1. The minimum atomic E-state index is -1.66. The third-order valence-electron chi connectivity index (χ3n) is 6.55. The molecule has 2 aromatic carbocycles. The lowest BCUT2D eigenvalue weighted by Gasteiger charge is -2.30. The molecule has 0 saturated carbocycles. The molecule has 0 spiro atoms. The van der Waals surface area contributed by atoms with Gasteiger partial charge in [-0.3, -0.25) is 4.98 Å². The number of aromatic nitrogens is 4. The molecule has 0 bridgehead atoms. The molecule has 1 N–H and O–H groups in total. The summed E-state index contributed by atoms with van der Waals surface area (Å²) in [7, 11) is 1.78. The Hall–Kier alpha value is -4.92. The molecular formula is C29H21FN6O. The Kier molecular flexibility index (Phi) is 5.75. The first kappa shape index (κ1) is 23.8. The van der Waals surface area contributed by atoms with Gasteiger partial charge in [0.25, 0.3) is 0 Å². The van der Waals surface area contributed by atoms with E-state index < -0.39 is 11.4 Å². The molecule has 3 aromatic heterocycles. The van der Waals surface area contributed by atoms with E-state index in [1.54, 1.807) is 61.5 Å². The van der Waals surface area contributed by atoms with E-state index in [0.29, 0.717) is 38.9 Å². The molecule has 0 radical (unpaired) electrons. The molecule has 5 aromatic rings. The Morgan fingerprint density at radius 2 is 1.81 bits per heavy atom. The lowest BCUT2D eigenvalue weighted by Crippen LogP contribution is -2.31. The van der Waals surface area contributed by atoms with Gasteiger partial charge in [-0.05, 0) is 54.8 Å². The summed E-state index contributed by atoms with van der Waals surface area (Å²) in [6.45, 7) is 3.67. The van der Waals surface area contributed by atoms with Gasteiger partial charge in [0.15, 0.2) is 5.60 Å². The van der Waals surface area contributed by atoms with Crippen LogP contribution in [-0.4, -0.2) is 24.6 Å².